The highest BCUT2D eigenvalue weighted by Crippen LogP contribution is 2.26. The van der Waals surface area contributed by atoms with Gasteiger partial charge in [-0.3, -0.25) is 0 Å². The molecular formula is C26H26N4O2S. The van der Waals surface area contributed by atoms with Crippen molar-refractivity contribution in [3.8, 4) is 11.1 Å². The van der Waals surface area contributed by atoms with Crippen molar-refractivity contribution in [2.45, 2.75) is 32.7 Å². The van der Waals surface area contributed by atoms with Crippen molar-refractivity contribution >= 4 is 40.0 Å². The number of aromatic carboxylic acids is 1. The Bertz CT molecular complexity index is 1310. The van der Waals surface area contributed by atoms with E-state index in [2.05, 4.69) is 16.8 Å². The monoisotopic (exact) mass is 458 g/mol. The Morgan fingerprint density at radius 3 is 2.58 bits per heavy atom. The van der Waals surface area contributed by atoms with Crippen LogP contribution in [0.5, 0.6) is 0 Å². The number of hydrogen-bond acceptors (Lipinski definition) is 3. The normalized spacial score (nSPS) is 10.9. The van der Waals surface area contributed by atoms with Crippen molar-refractivity contribution in [3.63, 3.8) is 0 Å². The van der Waals surface area contributed by atoms with Crippen molar-refractivity contribution in [1.29, 1.82) is 0 Å². The molecule has 4 rings (SSSR count). The van der Waals surface area contributed by atoms with Gasteiger partial charge in [0, 0.05) is 18.7 Å². The third-order valence-electron chi connectivity index (χ3n) is 5.61. The molecule has 0 aliphatic carbocycles. The van der Waals surface area contributed by atoms with Gasteiger partial charge in [0.05, 0.1) is 16.6 Å². The lowest BCUT2D eigenvalue weighted by Gasteiger charge is -2.12. The molecule has 7 heteroatoms. The largest absolute Gasteiger partial charge is 0.478 e. The third-order valence-corrected chi connectivity index (χ3v) is 5.71. The molecule has 0 atom stereocenters. The SMILES string of the molecule is CCCCc1nc2ccc(NC(N)=S)cc2n1Cc1ccc(-c2ccccc2C(=O)O)cc1. The number of nitrogens with one attached hydrogen (secondary N) is 1. The number of carboxylic acids is 1. The molecule has 0 saturated carbocycles. The summed E-state index contributed by atoms with van der Waals surface area (Å²) in [6, 6.07) is 21.0. The molecule has 0 aliphatic rings. The quantitative estimate of drug-likeness (QED) is 0.304. The first kappa shape index (κ1) is 22.5. The van der Waals surface area contributed by atoms with E-state index in [1.807, 2.05) is 54.6 Å². The molecule has 0 spiro atoms. The van der Waals surface area contributed by atoms with Crippen LogP contribution in [0.2, 0.25) is 0 Å². The minimum absolute atomic E-state index is 0.226. The third kappa shape index (κ3) is 5.04. The van der Waals surface area contributed by atoms with Gasteiger partial charge < -0.3 is 20.7 Å². The van der Waals surface area contributed by atoms with Crippen LogP contribution in [0.3, 0.4) is 0 Å². The summed E-state index contributed by atoms with van der Waals surface area (Å²) in [6.07, 6.45) is 3.05. The first-order chi connectivity index (χ1) is 16.0. The Hall–Kier alpha value is -3.71. The molecule has 1 aromatic heterocycles. The van der Waals surface area contributed by atoms with E-state index < -0.39 is 5.97 Å². The second-order valence-corrected chi connectivity index (χ2v) is 8.40. The lowest BCUT2D eigenvalue weighted by molar-refractivity contribution is 0.0697. The predicted molar refractivity (Wildman–Crippen MR) is 137 cm³/mol. The maximum absolute atomic E-state index is 11.6. The predicted octanol–water partition coefficient (Wildman–Crippen LogP) is 5.45. The second kappa shape index (κ2) is 9.83. The molecule has 0 unspecified atom stereocenters. The number of carbonyl (C=O) groups is 1. The zero-order valence-corrected chi connectivity index (χ0v) is 19.2. The highest BCUT2D eigenvalue weighted by atomic mass is 32.1. The summed E-state index contributed by atoms with van der Waals surface area (Å²) < 4.78 is 2.23. The van der Waals surface area contributed by atoms with Gasteiger partial charge in [0.15, 0.2) is 5.11 Å². The molecule has 0 bridgehead atoms. The number of anilines is 1. The van der Waals surface area contributed by atoms with Crippen molar-refractivity contribution in [2.24, 2.45) is 5.73 Å². The first-order valence-electron chi connectivity index (χ1n) is 10.9. The van der Waals surface area contributed by atoms with E-state index in [-0.39, 0.29) is 5.11 Å². The van der Waals surface area contributed by atoms with Gasteiger partial charge in [-0.15, -0.1) is 0 Å². The fraction of sp³-hybridized carbons (Fsp3) is 0.192. The lowest BCUT2D eigenvalue weighted by Crippen LogP contribution is -2.18. The molecule has 1 heterocycles. The highest BCUT2D eigenvalue weighted by molar-refractivity contribution is 7.80. The van der Waals surface area contributed by atoms with Crippen LogP contribution in [0.15, 0.2) is 66.7 Å². The van der Waals surface area contributed by atoms with Crippen LogP contribution < -0.4 is 11.1 Å². The van der Waals surface area contributed by atoms with Gasteiger partial charge >= 0.3 is 5.97 Å². The summed E-state index contributed by atoms with van der Waals surface area (Å²) in [6.45, 7) is 2.83. The molecule has 0 amide bonds. The van der Waals surface area contributed by atoms with Crippen molar-refractivity contribution in [2.75, 3.05) is 5.32 Å². The number of aromatic nitrogens is 2. The van der Waals surface area contributed by atoms with Gasteiger partial charge in [-0.1, -0.05) is 55.8 Å². The summed E-state index contributed by atoms with van der Waals surface area (Å²) in [5.41, 5.74) is 11.4. The van der Waals surface area contributed by atoms with Crippen LogP contribution in [0.4, 0.5) is 5.69 Å². The molecule has 33 heavy (non-hydrogen) atoms. The zero-order chi connectivity index (χ0) is 23.4. The van der Waals surface area contributed by atoms with Crippen LogP contribution in [-0.2, 0) is 13.0 Å². The van der Waals surface area contributed by atoms with E-state index in [0.29, 0.717) is 17.7 Å². The number of benzene rings is 3. The van der Waals surface area contributed by atoms with E-state index in [9.17, 15) is 9.90 Å². The van der Waals surface area contributed by atoms with Gasteiger partial charge in [0.2, 0.25) is 0 Å². The maximum atomic E-state index is 11.6. The van der Waals surface area contributed by atoms with Crippen LogP contribution in [-0.4, -0.2) is 25.7 Å². The number of rotatable bonds is 8. The van der Waals surface area contributed by atoms with E-state index >= 15 is 0 Å². The maximum Gasteiger partial charge on any atom is 0.336 e. The Morgan fingerprint density at radius 1 is 1.12 bits per heavy atom. The standard InChI is InChI=1S/C26H26N4O2S/c1-2-3-8-24-29-22-14-13-19(28-26(27)33)15-23(22)30(24)16-17-9-11-18(12-10-17)20-6-4-5-7-21(20)25(31)32/h4-7,9-15H,2-3,8,16H2,1H3,(H,31,32)(H3,27,28,33). The van der Waals surface area contributed by atoms with E-state index in [0.717, 1.165) is 52.9 Å². The van der Waals surface area contributed by atoms with Crippen molar-refractivity contribution in [3.05, 3.63) is 83.7 Å². The number of nitrogens with zero attached hydrogens (tertiary/aromatic N) is 2. The minimum atomic E-state index is -0.929. The second-order valence-electron chi connectivity index (χ2n) is 7.96. The molecule has 6 nitrogen and oxygen atoms in total. The summed E-state index contributed by atoms with van der Waals surface area (Å²) in [5.74, 6) is 0.112. The summed E-state index contributed by atoms with van der Waals surface area (Å²) in [4.78, 5) is 16.5. The van der Waals surface area contributed by atoms with Crippen LogP contribution in [0.25, 0.3) is 22.2 Å². The average Bonchev–Trinajstić information content (AvgIpc) is 3.14. The molecule has 168 valence electrons. The Morgan fingerprint density at radius 2 is 1.88 bits per heavy atom. The number of thiocarbonyl (C=S) groups is 1. The summed E-state index contributed by atoms with van der Waals surface area (Å²) in [7, 11) is 0. The number of carboxylic acid groups (broad SMARTS) is 1. The molecule has 4 N–H and O–H groups in total. The number of unbranched alkanes of at least 4 members (excludes halogenated alkanes) is 1. The smallest absolute Gasteiger partial charge is 0.336 e. The Balaban J connectivity index is 1.69. The fourth-order valence-corrected chi connectivity index (χ4v) is 4.11. The minimum Gasteiger partial charge on any atom is -0.478 e. The average molecular weight is 459 g/mol. The molecule has 0 aliphatic heterocycles. The Kier molecular flexibility index (Phi) is 6.70. The van der Waals surface area contributed by atoms with Crippen LogP contribution >= 0.6 is 12.2 Å². The molecule has 4 aromatic rings. The zero-order valence-electron chi connectivity index (χ0n) is 18.4. The molecule has 0 saturated heterocycles. The van der Waals surface area contributed by atoms with Crippen molar-refractivity contribution in [1.82, 2.24) is 9.55 Å². The number of fused-ring (bicyclic) bond motifs is 1. The van der Waals surface area contributed by atoms with Gasteiger partial charge in [-0.2, -0.15) is 0 Å². The van der Waals surface area contributed by atoms with Gasteiger partial charge in [0.25, 0.3) is 0 Å². The fourth-order valence-electron chi connectivity index (χ4n) is 3.99. The van der Waals surface area contributed by atoms with Crippen LogP contribution in [0.1, 0.15) is 41.5 Å². The lowest BCUT2D eigenvalue weighted by atomic mass is 9.99. The van der Waals surface area contributed by atoms with Gasteiger partial charge in [-0.05, 0) is 59.6 Å². The van der Waals surface area contributed by atoms with Gasteiger partial charge in [-0.25, -0.2) is 9.78 Å². The topological polar surface area (TPSA) is 93.2 Å². The van der Waals surface area contributed by atoms with Gasteiger partial charge in [0.1, 0.15) is 5.82 Å². The molecule has 0 radical (unpaired) electrons. The molecular weight excluding hydrogens is 432 g/mol. The van der Waals surface area contributed by atoms with E-state index in [1.165, 1.54) is 0 Å². The molecule has 0 fully saturated rings. The number of hydrogen-bond donors (Lipinski definition) is 3. The van der Waals surface area contributed by atoms with E-state index in [4.69, 9.17) is 22.9 Å². The molecule has 3 aromatic carbocycles. The van der Waals surface area contributed by atoms with E-state index in [1.54, 1.807) is 12.1 Å². The summed E-state index contributed by atoms with van der Waals surface area (Å²) in [5, 5.41) is 12.7. The Labute approximate surface area is 198 Å². The number of aryl methyl sites for hydroxylation is 1. The van der Waals surface area contributed by atoms with Crippen molar-refractivity contribution < 1.29 is 9.90 Å². The number of nitrogens with two attached hydrogens (primary N) is 1. The highest BCUT2D eigenvalue weighted by Gasteiger charge is 2.14. The first-order valence-corrected chi connectivity index (χ1v) is 11.3. The summed E-state index contributed by atoms with van der Waals surface area (Å²) >= 11 is 4.99. The van der Waals surface area contributed by atoms with Crippen LogP contribution in [0, 0.1) is 0 Å². The number of imidazole rings is 1.